The Hall–Kier alpha value is -0.900. The van der Waals surface area contributed by atoms with Crippen molar-refractivity contribution in [1.29, 1.82) is 0 Å². The number of hydrogen-bond acceptors (Lipinski definition) is 3. The van der Waals surface area contributed by atoms with Crippen molar-refractivity contribution in [3.05, 3.63) is 11.6 Å². The Balaban J connectivity index is 2.16. The molecule has 1 aliphatic rings. The number of hydrogen-bond donors (Lipinski definition) is 1. The van der Waals surface area contributed by atoms with Crippen LogP contribution in [0.4, 0.5) is 0 Å². The van der Waals surface area contributed by atoms with E-state index in [1.165, 1.54) is 44.9 Å². The Labute approximate surface area is 117 Å². The molecule has 0 spiro atoms. The maximum Gasteiger partial charge on any atom is 0.147 e. The topological polar surface area (TPSA) is 42.7 Å². The minimum Gasteiger partial charge on any atom is -0.312 e. The Morgan fingerprint density at radius 2 is 1.89 bits per heavy atom. The second-order valence-electron chi connectivity index (χ2n) is 5.77. The summed E-state index contributed by atoms with van der Waals surface area (Å²) >= 11 is 0. The zero-order valence-corrected chi connectivity index (χ0v) is 12.7. The molecule has 1 aliphatic carbocycles. The molecular formula is C15H28N4. The van der Waals surface area contributed by atoms with Gasteiger partial charge in [0, 0.05) is 6.04 Å². The number of nitrogens with one attached hydrogen (secondary N) is 1. The van der Waals surface area contributed by atoms with Gasteiger partial charge in [0.05, 0.1) is 6.04 Å². The van der Waals surface area contributed by atoms with Crippen molar-refractivity contribution < 1.29 is 0 Å². The van der Waals surface area contributed by atoms with Gasteiger partial charge in [-0.25, -0.2) is 9.67 Å². The Bertz CT molecular complexity index is 383. The minimum atomic E-state index is 0.480. The second-order valence-corrected chi connectivity index (χ2v) is 5.77. The van der Waals surface area contributed by atoms with E-state index >= 15 is 0 Å². The monoisotopic (exact) mass is 264 g/mol. The smallest absolute Gasteiger partial charge is 0.147 e. The lowest BCUT2D eigenvalue weighted by Gasteiger charge is -2.31. The van der Waals surface area contributed by atoms with Crippen molar-refractivity contribution in [3.63, 3.8) is 0 Å². The predicted octanol–water partition coefficient (Wildman–Crippen LogP) is 3.16. The first-order chi connectivity index (χ1) is 9.22. The standard InChI is InChI=1S/C15H28N4/c1-4-11-16-14-9-7-5-6-8-10-15(14)19-13(3)17-12(2)18-19/h14-16H,4-11H2,1-3H3. The third kappa shape index (κ3) is 3.78. The van der Waals surface area contributed by atoms with Gasteiger partial charge in [-0.1, -0.05) is 32.6 Å². The molecule has 19 heavy (non-hydrogen) atoms. The summed E-state index contributed by atoms with van der Waals surface area (Å²) in [6.07, 6.45) is 9.08. The van der Waals surface area contributed by atoms with E-state index in [4.69, 9.17) is 0 Å². The summed E-state index contributed by atoms with van der Waals surface area (Å²) in [7, 11) is 0. The quantitative estimate of drug-likeness (QED) is 0.908. The molecule has 4 nitrogen and oxygen atoms in total. The Morgan fingerprint density at radius 1 is 1.16 bits per heavy atom. The molecule has 108 valence electrons. The molecule has 0 bridgehead atoms. The first kappa shape index (κ1) is 14.5. The molecule has 0 aliphatic heterocycles. The van der Waals surface area contributed by atoms with Gasteiger partial charge in [0.1, 0.15) is 11.6 Å². The first-order valence-corrected chi connectivity index (χ1v) is 7.85. The zero-order valence-electron chi connectivity index (χ0n) is 12.7. The first-order valence-electron chi connectivity index (χ1n) is 7.85. The van der Waals surface area contributed by atoms with Crippen LogP contribution < -0.4 is 5.32 Å². The van der Waals surface area contributed by atoms with Gasteiger partial charge in [-0.15, -0.1) is 0 Å². The van der Waals surface area contributed by atoms with Gasteiger partial charge in [0.2, 0.25) is 0 Å². The molecule has 0 amide bonds. The van der Waals surface area contributed by atoms with E-state index in [1.54, 1.807) is 0 Å². The van der Waals surface area contributed by atoms with E-state index in [2.05, 4.69) is 33.9 Å². The average molecular weight is 264 g/mol. The average Bonchev–Trinajstić information content (AvgIpc) is 2.67. The van der Waals surface area contributed by atoms with E-state index in [0.29, 0.717) is 12.1 Å². The molecule has 1 aromatic rings. The van der Waals surface area contributed by atoms with Crippen LogP contribution in [0.25, 0.3) is 0 Å². The van der Waals surface area contributed by atoms with Gasteiger partial charge >= 0.3 is 0 Å². The number of aromatic nitrogens is 3. The SMILES string of the molecule is CCCNC1CCCCCCC1n1nc(C)nc1C. The fourth-order valence-electron chi connectivity index (χ4n) is 3.18. The van der Waals surface area contributed by atoms with Crippen LogP contribution in [0.1, 0.15) is 69.6 Å². The molecular weight excluding hydrogens is 236 g/mol. The third-order valence-electron chi connectivity index (χ3n) is 4.11. The summed E-state index contributed by atoms with van der Waals surface area (Å²) in [5, 5.41) is 8.37. The van der Waals surface area contributed by atoms with Gasteiger partial charge in [-0.2, -0.15) is 5.10 Å². The zero-order chi connectivity index (χ0) is 13.7. The third-order valence-corrected chi connectivity index (χ3v) is 4.11. The van der Waals surface area contributed by atoms with Crippen LogP contribution in [0.15, 0.2) is 0 Å². The fraction of sp³-hybridized carbons (Fsp3) is 0.867. The number of nitrogens with zero attached hydrogens (tertiary/aromatic N) is 3. The maximum absolute atomic E-state index is 4.63. The van der Waals surface area contributed by atoms with Crippen LogP contribution in [0.2, 0.25) is 0 Å². The Kier molecular flexibility index (Phi) is 5.37. The molecule has 2 rings (SSSR count). The van der Waals surface area contributed by atoms with Gasteiger partial charge in [-0.3, -0.25) is 0 Å². The molecule has 0 saturated heterocycles. The number of rotatable bonds is 4. The molecule has 1 N–H and O–H groups in total. The maximum atomic E-state index is 4.63. The molecule has 1 heterocycles. The van der Waals surface area contributed by atoms with E-state index in [0.717, 1.165) is 18.2 Å². The molecule has 1 fully saturated rings. The van der Waals surface area contributed by atoms with E-state index < -0.39 is 0 Å². The Morgan fingerprint density at radius 3 is 2.53 bits per heavy atom. The summed E-state index contributed by atoms with van der Waals surface area (Å²) in [6, 6.07) is 1.04. The van der Waals surface area contributed by atoms with Crippen LogP contribution in [-0.2, 0) is 0 Å². The van der Waals surface area contributed by atoms with Crippen LogP contribution in [0, 0.1) is 13.8 Å². The number of aryl methyl sites for hydroxylation is 2. The highest BCUT2D eigenvalue weighted by atomic mass is 15.4. The molecule has 1 aromatic heterocycles. The molecule has 2 unspecified atom stereocenters. The molecule has 0 radical (unpaired) electrons. The summed E-state index contributed by atoms with van der Waals surface area (Å²) in [5.41, 5.74) is 0. The molecule has 0 aromatic carbocycles. The summed E-state index contributed by atoms with van der Waals surface area (Å²) < 4.78 is 2.17. The summed E-state index contributed by atoms with van der Waals surface area (Å²) in [4.78, 5) is 4.48. The van der Waals surface area contributed by atoms with E-state index in [1.807, 2.05) is 6.92 Å². The highest BCUT2D eigenvalue weighted by Crippen LogP contribution is 2.27. The van der Waals surface area contributed by atoms with Crippen molar-refractivity contribution in [2.24, 2.45) is 0 Å². The largest absolute Gasteiger partial charge is 0.312 e. The van der Waals surface area contributed by atoms with Crippen molar-refractivity contribution in [1.82, 2.24) is 20.1 Å². The van der Waals surface area contributed by atoms with E-state index in [9.17, 15) is 0 Å². The lowest BCUT2D eigenvalue weighted by atomic mass is 9.92. The molecule has 2 atom stereocenters. The van der Waals surface area contributed by atoms with Crippen molar-refractivity contribution in [2.75, 3.05) is 6.54 Å². The van der Waals surface area contributed by atoms with Crippen LogP contribution in [0.5, 0.6) is 0 Å². The molecule has 1 saturated carbocycles. The summed E-state index contributed by atoms with van der Waals surface area (Å²) in [6.45, 7) is 7.40. The lowest BCUT2D eigenvalue weighted by Crippen LogP contribution is -2.39. The fourth-order valence-corrected chi connectivity index (χ4v) is 3.18. The van der Waals surface area contributed by atoms with Gasteiger partial charge in [-0.05, 0) is 39.7 Å². The van der Waals surface area contributed by atoms with Crippen LogP contribution in [0.3, 0.4) is 0 Å². The summed E-state index contributed by atoms with van der Waals surface area (Å²) in [5.74, 6) is 1.96. The lowest BCUT2D eigenvalue weighted by molar-refractivity contribution is 0.263. The minimum absolute atomic E-state index is 0.480. The van der Waals surface area contributed by atoms with Crippen LogP contribution >= 0.6 is 0 Å². The molecule has 4 heteroatoms. The van der Waals surface area contributed by atoms with Gasteiger partial charge in [0.15, 0.2) is 0 Å². The highest BCUT2D eigenvalue weighted by molar-refractivity contribution is 4.94. The normalized spacial score (nSPS) is 25.0. The highest BCUT2D eigenvalue weighted by Gasteiger charge is 2.25. The second kappa shape index (κ2) is 7.04. The van der Waals surface area contributed by atoms with Gasteiger partial charge < -0.3 is 5.32 Å². The van der Waals surface area contributed by atoms with Crippen LogP contribution in [-0.4, -0.2) is 27.4 Å². The van der Waals surface area contributed by atoms with Crippen molar-refractivity contribution in [2.45, 2.75) is 77.8 Å². The van der Waals surface area contributed by atoms with Crippen molar-refractivity contribution in [3.8, 4) is 0 Å². The van der Waals surface area contributed by atoms with Crippen molar-refractivity contribution >= 4 is 0 Å². The van der Waals surface area contributed by atoms with Gasteiger partial charge in [0.25, 0.3) is 0 Å². The van der Waals surface area contributed by atoms with E-state index in [-0.39, 0.29) is 0 Å². The predicted molar refractivity (Wildman–Crippen MR) is 78.3 cm³/mol.